The van der Waals surface area contributed by atoms with Gasteiger partial charge in [0.15, 0.2) is 5.60 Å². The maximum atomic E-state index is 12.4. The Morgan fingerprint density at radius 2 is 2.00 bits per heavy atom. The predicted octanol–water partition coefficient (Wildman–Crippen LogP) is 0.677. The van der Waals surface area contributed by atoms with E-state index in [1.807, 2.05) is 6.92 Å². The van der Waals surface area contributed by atoms with Gasteiger partial charge in [0, 0.05) is 19.3 Å². The summed E-state index contributed by atoms with van der Waals surface area (Å²) >= 11 is 0. The summed E-state index contributed by atoms with van der Waals surface area (Å²) in [6, 6.07) is 6.34. The molecule has 3 aliphatic rings. The first kappa shape index (κ1) is 16.0. The minimum absolute atomic E-state index is 0.0412. The summed E-state index contributed by atoms with van der Waals surface area (Å²) in [6.45, 7) is 1.86. The van der Waals surface area contributed by atoms with Gasteiger partial charge in [-0.1, -0.05) is 17.7 Å². The smallest absolute Gasteiger partial charge is 0.306 e. The molecule has 1 aliphatic carbocycles. The summed E-state index contributed by atoms with van der Waals surface area (Å²) in [5.74, 6) is -0.366. The highest BCUT2D eigenvalue weighted by Crippen LogP contribution is 2.51. The van der Waals surface area contributed by atoms with Gasteiger partial charge >= 0.3 is 5.97 Å². The molecule has 1 spiro atoms. The molecule has 130 valence electrons. The van der Waals surface area contributed by atoms with Crippen LogP contribution in [0.1, 0.15) is 24.8 Å². The summed E-state index contributed by atoms with van der Waals surface area (Å²) in [5, 5.41) is 10.4. The summed E-state index contributed by atoms with van der Waals surface area (Å²) in [4.78, 5) is 11.5. The Morgan fingerprint density at radius 1 is 1.29 bits per heavy atom. The van der Waals surface area contributed by atoms with E-state index >= 15 is 0 Å². The first-order valence-electron chi connectivity index (χ1n) is 7.87. The van der Waals surface area contributed by atoms with Crippen LogP contribution in [0.4, 0.5) is 0 Å². The molecule has 5 atom stereocenters. The monoisotopic (exact) mass is 354 g/mol. The lowest BCUT2D eigenvalue weighted by Crippen LogP contribution is -2.54. The van der Waals surface area contributed by atoms with Crippen LogP contribution in [0.5, 0.6) is 0 Å². The average molecular weight is 354 g/mol. The molecule has 3 fully saturated rings. The number of hydrogen-bond acceptors (Lipinski definition) is 7. The molecule has 2 aliphatic heterocycles. The zero-order valence-corrected chi connectivity index (χ0v) is 13.9. The Kier molecular flexibility index (Phi) is 3.51. The third-order valence-corrected chi connectivity index (χ3v) is 6.33. The standard InChI is InChI=1S/C16H18O7S/c1-9-2-4-10(5-3-9)24(19,20)23-11-8-12(17)16(15-14(11)21-15)7-6-13(18)22-16/h2-5,11-12,14-15,17H,6-8H2,1H3/t11-,12+,14+,15+,16-/m1/s1. The first-order chi connectivity index (χ1) is 11.3. The van der Waals surface area contributed by atoms with E-state index < -0.39 is 40.1 Å². The third kappa shape index (κ3) is 2.45. The van der Waals surface area contributed by atoms with E-state index in [1.165, 1.54) is 12.1 Å². The molecule has 0 unspecified atom stereocenters. The number of aryl methyl sites for hydroxylation is 1. The summed E-state index contributed by atoms with van der Waals surface area (Å²) in [6.07, 6.45) is -2.14. The number of carbonyl (C=O) groups excluding carboxylic acids is 1. The highest BCUT2D eigenvalue weighted by Gasteiger charge is 2.69. The molecule has 2 heterocycles. The zero-order valence-electron chi connectivity index (χ0n) is 13.0. The zero-order chi connectivity index (χ0) is 17.1. The van der Waals surface area contributed by atoms with E-state index in [4.69, 9.17) is 13.7 Å². The molecule has 1 aromatic carbocycles. The van der Waals surface area contributed by atoms with Gasteiger partial charge in [-0.25, -0.2) is 0 Å². The lowest BCUT2D eigenvalue weighted by Gasteiger charge is -2.36. The van der Waals surface area contributed by atoms with Crippen LogP contribution in [0.25, 0.3) is 0 Å². The van der Waals surface area contributed by atoms with Gasteiger partial charge in [-0.2, -0.15) is 8.42 Å². The van der Waals surface area contributed by atoms with Crippen LogP contribution in [0.3, 0.4) is 0 Å². The molecular weight excluding hydrogens is 336 g/mol. The Morgan fingerprint density at radius 3 is 2.62 bits per heavy atom. The second kappa shape index (κ2) is 5.26. The Balaban J connectivity index is 1.52. The van der Waals surface area contributed by atoms with Crippen molar-refractivity contribution in [1.82, 2.24) is 0 Å². The maximum Gasteiger partial charge on any atom is 0.306 e. The first-order valence-corrected chi connectivity index (χ1v) is 9.28. The molecule has 0 amide bonds. The van der Waals surface area contributed by atoms with E-state index in [0.717, 1.165) is 5.56 Å². The number of ether oxygens (including phenoxy) is 2. The van der Waals surface area contributed by atoms with Crippen LogP contribution in [0.15, 0.2) is 29.2 Å². The molecule has 8 heteroatoms. The van der Waals surface area contributed by atoms with E-state index in [-0.39, 0.29) is 23.7 Å². The largest absolute Gasteiger partial charge is 0.453 e. The molecule has 1 saturated carbocycles. The highest BCUT2D eigenvalue weighted by molar-refractivity contribution is 7.86. The molecule has 0 bridgehead atoms. The van der Waals surface area contributed by atoms with Gasteiger partial charge in [0.1, 0.15) is 18.3 Å². The molecule has 4 rings (SSSR count). The van der Waals surface area contributed by atoms with E-state index in [9.17, 15) is 18.3 Å². The van der Waals surface area contributed by atoms with Crippen molar-refractivity contribution in [2.75, 3.05) is 0 Å². The number of benzene rings is 1. The van der Waals surface area contributed by atoms with E-state index in [2.05, 4.69) is 0 Å². The number of epoxide rings is 1. The number of fused-ring (bicyclic) bond motifs is 2. The number of esters is 1. The van der Waals surface area contributed by atoms with Gasteiger partial charge in [-0.3, -0.25) is 8.98 Å². The molecule has 7 nitrogen and oxygen atoms in total. The quantitative estimate of drug-likeness (QED) is 0.484. The Hall–Kier alpha value is -1.48. The van der Waals surface area contributed by atoms with Crippen molar-refractivity contribution < 1.29 is 32.0 Å². The predicted molar refractivity (Wildman–Crippen MR) is 80.6 cm³/mol. The molecule has 0 radical (unpaired) electrons. The second-order valence-electron chi connectivity index (χ2n) is 6.60. The second-order valence-corrected chi connectivity index (χ2v) is 8.18. The van der Waals surface area contributed by atoms with Crippen molar-refractivity contribution in [1.29, 1.82) is 0 Å². The van der Waals surface area contributed by atoms with Gasteiger partial charge in [-0.15, -0.1) is 0 Å². The number of hydrogen-bond donors (Lipinski definition) is 1. The van der Waals surface area contributed by atoms with Crippen molar-refractivity contribution in [3.63, 3.8) is 0 Å². The maximum absolute atomic E-state index is 12.4. The minimum atomic E-state index is -3.95. The van der Waals surface area contributed by atoms with Gasteiger partial charge in [0.05, 0.1) is 11.0 Å². The molecule has 1 N–H and O–H groups in total. The molecule has 2 saturated heterocycles. The van der Waals surface area contributed by atoms with Crippen LogP contribution in [-0.2, 0) is 28.6 Å². The fraction of sp³-hybridized carbons (Fsp3) is 0.562. The lowest BCUT2D eigenvalue weighted by atomic mass is 9.79. The van der Waals surface area contributed by atoms with Crippen molar-refractivity contribution in [3.8, 4) is 0 Å². The van der Waals surface area contributed by atoms with Gasteiger partial charge < -0.3 is 14.6 Å². The van der Waals surface area contributed by atoms with Crippen molar-refractivity contribution >= 4 is 16.1 Å². The fourth-order valence-corrected chi connectivity index (χ4v) is 4.70. The molecule has 24 heavy (non-hydrogen) atoms. The number of rotatable bonds is 3. The number of carbonyl (C=O) groups is 1. The summed E-state index contributed by atoms with van der Waals surface area (Å²) < 4.78 is 40.9. The van der Waals surface area contributed by atoms with Gasteiger partial charge in [-0.05, 0) is 19.1 Å². The van der Waals surface area contributed by atoms with Gasteiger partial charge in [0.2, 0.25) is 0 Å². The lowest BCUT2D eigenvalue weighted by molar-refractivity contribution is -0.166. The Labute approximate surface area is 139 Å². The van der Waals surface area contributed by atoms with Crippen LogP contribution in [0, 0.1) is 6.92 Å². The SMILES string of the molecule is Cc1ccc(S(=O)(=O)O[C@@H]2C[C@H](O)[C@]3(CCC(=O)O3)[C@H]3O[C@@H]23)cc1. The van der Waals surface area contributed by atoms with E-state index in [1.54, 1.807) is 12.1 Å². The van der Waals surface area contributed by atoms with Crippen LogP contribution < -0.4 is 0 Å². The van der Waals surface area contributed by atoms with Crippen LogP contribution >= 0.6 is 0 Å². The molecular formula is C16H18O7S. The van der Waals surface area contributed by atoms with Crippen molar-refractivity contribution in [3.05, 3.63) is 29.8 Å². The van der Waals surface area contributed by atoms with Crippen molar-refractivity contribution in [2.45, 2.75) is 61.1 Å². The van der Waals surface area contributed by atoms with Crippen LogP contribution in [-0.4, -0.2) is 49.5 Å². The van der Waals surface area contributed by atoms with Crippen LogP contribution in [0.2, 0.25) is 0 Å². The third-order valence-electron chi connectivity index (χ3n) is 4.98. The van der Waals surface area contributed by atoms with E-state index in [0.29, 0.717) is 6.42 Å². The topological polar surface area (TPSA) is 102 Å². The Bertz CT molecular complexity index is 768. The van der Waals surface area contributed by atoms with Crippen molar-refractivity contribution in [2.24, 2.45) is 0 Å². The minimum Gasteiger partial charge on any atom is -0.453 e. The average Bonchev–Trinajstić information content (AvgIpc) is 3.24. The summed E-state index contributed by atoms with van der Waals surface area (Å²) in [5.41, 5.74) is -0.104. The summed E-state index contributed by atoms with van der Waals surface area (Å²) in [7, 11) is -3.95. The normalized spacial score (nSPS) is 38.0. The van der Waals surface area contributed by atoms with Gasteiger partial charge in [0.25, 0.3) is 10.1 Å². The molecule has 0 aromatic heterocycles. The number of aliphatic hydroxyl groups is 1. The highest BCUT2D eigenvalue weighted by atomic mass is 32.2. The fourth-order valence-electron chi connectivity index (χ4n) is 3.61. The number of aliphatic hydroxyl groups excluding tert-OH is 1. The molecule has 1 aromatic rings.